The summed E-state index contributed by atoms with van der Waals surface area (Å²) in [4.78, 5) is 13.2. The van der Waals surface area contributed by atoms with Gasteiger partial charge in [0.05, 0.1) is 10.9 Å². The highest BCUT2D eigenvalue weighted by molar-refractivity contribution is 7.90. The molecule has 0 saturated heterocycles. The molecule has 1 aliphatic rings. The van der Waals surface area contributed by atoms with Gasteiger partial charge < -0.3 is 5.11 Å². The van der Waals surface area contributed by atoms with Crippen molar-refractivity contribution in [3.63, 3.8) is 0 Å². The number of benzene rings is 2. The fraction of sp³-hybridized carbons (Fsp3) is 0.235. The second-order valence-corrected chi connectivity index (χ2v) is 7.68. The summed E-state index contributed by atoms with van der Waals surface area (Å²) in [5.74, 6) is 0. The van der Waals surface area contributed by atoms with E-state index in [2.05, 4.69) is 0 Å². The number of carbonyl (C=O) groups is 1. The maximum Gasteiger partial charge on any atom is 0.408 e. The molecular weight excluding hydrogens is 314 g/mol. The molecule has 0 saturated carbocycles. The second kappa shape index (κ2) is 5.70. The molecule has 6 heteroatoms. The molecule has 120 valence electrons. The van der Waals surface area contributed by atoms with Crippen molar-refractivity contribution in [2.24, 2.45) is 0 Å². The van der Waals surface area contributed by atoms with E-state index in [1.807, 2.05) is 24.3 Å². The smallest absolute Gasteiger partial charge is 0.408 e. The molecule has 0 aromatic heterocycles. The van der Waals surface area contributed by atoms with Crippen LogP contribution in [0.5, 0.6) is 0 Å². The zero-order valence-corrected chi connectivity index (χ0v) is 13.5. The molecule has 0 radical (unpaired) electrons. The molecule has 1 unspecified atom stereocenters. The Morgan fingerprint density at radius 1 is 1.13 bits per heavy atom. The van der Waals surface area contributed by atoms with E-state index in [-0.39, 0.29) is 4.90 Å². The van der Waals surface area contributed by atoms with Crippen molar-refractivity contribution in [2.45, 2.75) is 17.4 Å². The van der Waals surface area contributed by atoms with Gasteiger partial charge in [-0.05, 0) is 35.2 Å². The van der Waals surface area contributed by atoms with Gasteiger partial charge in [0.2, 0.25) is 0 Å². The number of hydrogen-bond donors (Lipinski definition) is 1. The molecule has 0 aliphatic carbocycles. The largest absolute Gasteiger partial charge is 0.465 e. The van der Waals surface area contributed by atoms with Crippen molar-refractivity contribution in [2.75, 3.05) is 12.8 Å². The van der Waals surface area contributed by atoms with Gasteiger partial charge in [-0.15, -0.1) is 0 Å². The summed E-state index contributed by atoms with van der Waals surface area (Å²) in [7, 11) is -3.27. The third kappa shape index (κ3) is 2.94. The topological polar surface area (TPSA) is 74.7 Å². The molecule has 0 fully saturated rings. The van der Waals surface area contributed by atoms with Crippen LogP contribution in [0.25, 0.3) is 0 Å². The number of hydrogen-bond acceptors (Lipinski definition) is 3. The minimum atomic E-state index is -3.27. The average Bonchev–Trinajstić information content (AvgIpc) is 2.53. The van der Waals surface area contributed by atoms with Gasteiger partial charge in [0.15, 0.2) is 9.84 Å². The summed E-state index contributed by atoms with van der Waals surface area (Å²) in [5, 5.41) is 9.51. The van der Waals surface area contributed by atoms with Crippen LogP contribution in [0.2, 0.25) is 0 Å². The summed E-state index contributed by atoms with van der Waals surface area (Å²) in [6.45, 7) is 0.421. The Labute approximate surface area is 135 Å². The lowest BCUT2D eigenvalue weighted by molar-refractivity contribution is 0.129. The Hall–Kier alpha value is -2.34. The quantitative estimate of drug-likeness (QED) is 0.918. The Bertz CT molecular complexity index is 843. The molecule has 0 spiro atoms. The van der Waals surface area contributed by atoms with Crippen LogP contribution in [0.4, 0.5) is 4.79 Å². The normalized spacial score (nSPS) is 17.6. The lowest BCUT2D eigenvalue weighted by Gasteiger charge is -2.35. The third-order valence-corrected chi connectivity index (χ3v) is 5.28. The van der Waals surface area contributed by atoms with Crippen molar-refractivity contribution in [1.29, 1.82) is 0 Å². The van der Waals surface area contributed by atoms with Crippen molar-refractivity contribution in [3.8, 4) is 0 Å². The van der Waals surface area contributed by atoms with E-state index >= 15 is 0 Å². The highest BCUT2D eigenvalue weighted by atomic mass is 32.2. The minimum absolute atomic E-state index is 0.229. The minimum Gasteiger partial charge on any atom is -0.465 e. The zero-order valence-electron chi connectivity index (χ0n) is 12.6. The molecule has 1 atom stereocenters. The molecule has 2 aromatic carbocycles. The molecular formula is C17H17NO4S. The summed E-state index contributed by atoms with van der Waals surface area (Å²) >= 11 is 0. The summed E-state index contributed by atoms with van der Waals surface area (Å²) < 4.78 is 23.2. The monoisotopic (exact) mass is 331 g/mol. The van der Waals surface area contributed by atoms with E-state index in [9.17, 15) is 18.3 Å². The molecule has 2 aromatic rings. The Morgan fingerprint density at radius 3 is 2.39 bits per heavy atom. The van der Waals surface area contributed by atoms with E-state index < -0.39 is 22.0 Å². The highest BCUT2D eigenvalue weighted by Gasteiger charge is 2.31. The third-order valence-electron chi connectivity index (χ3n) is 4.15. The van der Waals surface area contributed by atoms with Gasteiger partial charge in [-0.1, -0.05) is 36.4 Å². The van der Waals surface area contributed by atoms with Crippen LogP contribution in [0.3, 0.4) is 0 Å². The lowest BCUT2D eigenvalue weighted by atomic mass is 9.88. The van der Waals surface area contributed by atoms with E-state index in [0.29, 0.717) is 13.0 Å². The molecule has 0 bridgehead atoms. The molecule has 23 heavy (non-hydrogen) atoms. The Balaban J connectivity index is 2.09. The van der Waals surface area contributed by atoms with Gasteiger partial charge in [0.25, 0.3) is 0 Å². The van der Waals surface area contributed by atoms with Crippen LogP contribution in [-0.4, -0.2) is 37.3 Å². The number of carboxylic acid groups (broad SMARTS) is 1. The Morgan fingerprint density at radius 2 is 1.78 bits per heavy atom. The zero-order chi connectivity index (χ0) is 16.6. The molecule has 1 heterocycles. The Kier molecular flexibility index (Phi) is 3.85. The first-order valence-corrected chi connectivity index (χ1v) is 9.14. The van der Waals surface area contributed by atoms with Gasteiger partial charge in [-0.3, -0.25) is 4.90 Å². The number of fused-ring (bicyclic) bond motifs is 1. The molecule has 3 rings (SSSR count). The molecule has 1 amide bonds. The van der Waals surface area contributed by atoms with Gasteiger partial charge in [-0.25, -0.2) is 13.2 Å². The highest BCUT2D eigenvalue weighted by Crippen LogP contribution is 2.35. The van der Waals surface area contributed by atoms with Gasteiger partial charge in [-0.2, -0.15) is 0 Å². The van der Waals surface area contributed by atoms with Crippen LogP contribution >= 0.6 is 0 Å². The van der Waals surface area contributed by atoms with E-state index in [4.69, 9.17) is 0 Å². The fourth-order valence-corrected chi connectivity index (χ4v) is 3.66. The van der Waals surface area contributed by atoms with Crippen LogP contribution in [0.1, 0.15) is 22.7 Å². The van der Waals surface area contributed by atoms with E-state index in [0.717, 1.165) is 22.9 Å². The number of sulfone groups is 1. The van der Waals surface area contributed by atoms with Gasteiger partial charge in [0, 0.05) is 12.8 Å². The molecule has 1 aliphatic heterocycles. The first-order valence-electron chi connectivity index (χ1n) is 7.25. The first-order chi connectivity index (χ1) is 10.9. The molecule has 5 nitrogen and oxygen atoms in total. The van der Waals surface area contributed by atoms with E-state index in [1.54, 1.807) is 12.1 Å². The van der Waals surface area contributed by atoms with Gasteiger partial charge >= 0.3 is 6.09 Å². The average molecular weight is 331 g/mol. The number of rotatable bonds is 2. The van der Waals surface area contributed by atoms with Crippen molar-refractivity contribution in [1.82, 2.24) is 4.90 Å². The fourth-order valence-electron chi connectivity index (χ4n) is 3.03. The van der Waals surface area contributed by atoms with Crippen molar-refractivity contribution >= 4 is 15.9 Å². The lowest BCUT2D eigenvalue weighted by Crippen LogP contribution is -2.39. The summed E-state index contributed by atoms with van der Waals surface area (Å²) in [6.07, 6.45) is 0.860. The summed E-state index contributed by atoms with van der Waals surface area (Å²) in [5.41, 5.74) is 2.85. The van der Waals surface area contributed by atoms with Gasteiger partial charge in [0.1, 0.15) is 0 Å². The van der Waals surface area contributed by atoms with Crippen molar-refractivity contribution in [3.05, 3.63) is 65.2 Å². The van der Waals surface area contributed by atoms with E-state index in [1.165, 1.54) is 17.0 Å². The maximum absolute atomic E-state index is 11.6. The SMILES string of the molecule is CS(=O)(=O)c1ccc(C2c3ccccc3CCN2C(=O)O)cc1. The maximum atomic E-state index is 11.6. The van der Waals surface area contributed by atoms with Crippen LogP contribution in [0.15, 0.2) is 53.4 Å². The number of nitrogens with zero attached hydrogens (tertiary/aromatic N) is 1. The summed E-state index contributed by atoms with van der Waals surface area (Å²) in [6, 6.07) is 13.8. The first kappa shape index (κ1) is 15.6. The number of amides is 1. The van der Waals surface area contributed by atoms with Crippen LogP contribution in [0, 0.1) is 0 Å². The second-order valence-electron chi connectivity index (χ2n) is 5.67. The van der Waals surface area contributed by atoms with Crippen molar-refractivity contribution < 1.29 is 18.3 Å². The van der Waals surface area contributed by atoms with Crippen LogP contribution in [-0.2, 0) is 16.3 Å². The van der Waals surface area contributed by atoms with Crippen LogP contribution < -0.4 is 0 Å². The standard InChI is InChI=1S/C17H17NO4S/c1-23(21,22)14-8-6-13(7-9-14)16-15-5-3-2-4-12(15)10-11-18(16)17(19)20/h2-9,16H,10-11H2,1H3,(H,19,20). The molecule has 1 N–H and O–H groups in total. The predicted molar refractivity (Wildman–Crippen MR) is 86.3 cm³/mol. The predicted octanol–water partition coefficient (Wildman–Crippen LogP) is 2.72.